The second-order valence-corrected chi connectivity index (χ2v) is 5.42. The molecule has 0 aliphatic rings. The maximum absolute atomic E-state index is 12.1. The van der Waals surface area contributed by atoms with Gasteiger partial charge in [0.15, 0.2) is 0 Å². The molecule has 1 nitrogen and oxygen atoms in total. The van der Waals surface area contributed by atoms with E-state index >= 15 is 0 Å². The number of hydrogen-bond acceptors (Lipinski definition) is 2. The van der Waals surface area contributed by atoms with E-state index in [0.717, 1.165) is 15.3 Å². The number of carbonyl (C=O) groups excluding carboxylic acids is 1. The van der Waals surface area contributed by atoms with Gasteiger partial charge in [0.2, 0.25) is 5.78 Å². The largest absolute Gasteiger partial charge is 0.288 e. The highest BCUT2D eigenvalue weighted by atomic mass is 35.5. The van der Waals surface area contributed by atoms with Crippen molar-refractivity contribution in [1.29, 1.82) is 0 Å². The normalized spacial score (nSPS) is 10.4. The van der Waals surface area contributed by atoms with Crippen LogP contribution in [0.1, 0.15) is 25.7 Å². The zero-order valence-electron chi connectivity index (χ0n) is 9.08. The van der Waals surface area contributed by atoms with Gasteiger partial charge in [-0.25, -0.2) is 0 Å². The molecular formula is C13H11ClOS. The molecule has 2 rings (SSSR count). The molecule has 0 amide bonds. The van der Waals surface area contributed by atoms with Crippen LogP contribution in [0.2, 0.25) is 5.02 Å². The second-order valence-electron chi connectivity index (χ2n) is 3.72. The number of benzene rings is 1. The fraction of sp³-hybridized carbons (Fsp3) is 0.154. The standard InChI is InChI=1S/C13H11ClOS/c1-8-3-5-10(11(14)7-8)13(15)12-6-4-9(2)16-12/h3-7H,1-2H3. The number of rotatable bonds is 2. The first-order valence-electron chi connectivity index (χ1n) is 4.95. The molecule has 2 aromatic rings. The number of hydrogen-bond donors (Lipinski definition) is 0. The maximum atomic E-state index is 12.1. The lowest BCUT2D eigenvalue weighted by molar-refractivity contribution is 0.104. The van der Waals surface area contributed by atoms with Gasteiger partial charge >= 0.3 is 0 Å². The smallest absolute Gasteiger partial charge is 0.204 e. The first-order valence-corrected chi connectivity index (χ1v) is 6.14. The van der Waals surface area contributed by atoms with E-state index in [-0.39, 0.29) is 5.78 Å². The minimum Gasteiger partial charge on any atom is -0.288 e. The summed E-state index contributed by atoms with van der Waals surface area (Å²) in [5.41, 5.74) is 1.64. The Morgan fingerprint density at radius 3 is 2.50 bits per heavy atom. The van der Waals surface area contributed by atoms with Gasteiger partial charge in [-0.05, 0) is 43.7 Å². The predicted octanol–water partition coefficient (Wildman–Crippen LogP) is 4.25. The van der Waals surface area contributed by atoms with Crippen LogP contribution in [0.5, 0.6) is 0 Å². The third kappa shape index (κ3) is 2.18. The Labute approximate surface area is 104 Å². The van der Waals surface area contributed by atoms with Crippen molar-refractivity contribution in [3.05, 3.63) is 56.2 Å². The molecule has 82 valence electrons. The Bertz CT molecular complexity index is 543. The monoisotopic (exact) mass is 250 g/mol. The molecule has 0 fully saturated rings. The van der Waals surface area contributed by atoms with Crippen LogP contribution in [0, 0.1) is 13.8 Å². The predicted molar refractivity (Wildman–Crippen MR) is 68.7 cm³/mol. The van der Waals surface area contributed by atoms with Crippen molar-refractivity contribution in [3.8, 4) is 0 Å². The van der Waals surface area contributed by atoms with E-state index in [4.69, 9.17) is 11.6 Å². The van der Waals surface area contributed by atoms with Crippen LogP contribution < -0.4 is 0 Å². The Morgan fingerprint density at radius 1 is 1.19 bits per heavy atom. The Hall–Kier alpha value is -1.12. The third-order valence-electron chi connectivity index (χ3n) is 2.33. The zero-order valence-corrected chi connectivity index (χ0v) is 10.7. The Balaban J connectivity index is 2.41. The van der Waals surface area contributed by atoms with Crippen molar-refractivity contribution in [2.24, 2.45) is 0 Å². The summed E-state index contributed by atoms with van der Waals surface area (Å²) in [5, 5.41) is 0.524. The first-order chi connectivity index (χ1) is 7.58. The number of thiophene rings is 1. The van der Waals surface area contributed by atoms with Gasteiger partial charge in [0.05, 0.1) is 9.90 Å². The van der Waals surface area contributed by atoms with Gasteiger partial charge in [0.25, 0.3) is 0 Å². The molecular weight excluding hydrogens is 240 g/mol. The van der Waals surface area contributed by atoms with Crippen LogP contribution in [-0.4, -0.2) is 5.78 Å². The first kappa shape index (κ1) is 11.4. The van der Waals surface area contributed by atoms with Gasteiger partial charge in [-0.3, -0.25) is 4.79 Å². The van der Waals surface area contributed by atoms with Crippen LogP contribution in [-0.2, 0) is 0 Å². The summed E-state index contributed by atoms with van der Waals surface area (Å²) in [6.07, 6.45) is 0. The Morgan fingerprint density at radius 2 is 1.94 bits per heavy atom. The molecule has 0 bridgehead atoms. The van der Waals surface area contributed by atoms with Crippen LogP contribution in [0.25, 0.3) is 0 Å². The molecule has 1 aromatic heterocycles. The van der Waals surface area contributed by atoms with E-state index < -0.39 is 0 Å². The number of ketones is 1. The van der Waals surface area contributed by atoms with Crippen molar-refractivity contribution in [1.82, 2.24) is 0 Å². The van der Waals surface area contributed by atoms with Crippen LogP contribution in [0.4, 0.5) is 0 Å². The third-order valence-corrected chi connectivity index (χ3v) is 3.65. The SMILES string of the molecule is Cc1ccc(C(=O)c2ccc(C)s2)c(Cl)c1. The topological polar surface area (TPSA) is 17.1 Å². The highest BCUT2D eigenvalue weighted by Crippen LogP contribution is 2.24. The lowest BCUT2D eigenvalue weighted by Crippen LogP contribution is -1.99. The molecule has 0 radical (unpaired) electrons. The molecule has 1 aromatic carbocycles. The summed E-state index contributed by atoms with van der Waals surface area (Å²) in [7, 11) is 0. The van der Waals surface area contributed by atoms with Crippen molar-refractivity contribution in [2.75, 3.05) is 0 Å². The maximum Gasteiger partial charge on any atom is 0.204 e. The van der Waals surface area contributed by atoms with E-state index in [0.29, 0.717) is 10.6 Å². The highest BCUT2D eigenvalue weighted by Gasteiger charge is 2.14. The van der Waals surface area contributed by atoms with Crippen LogP contribution >= 0.6 is 22.9 Å². The van der Waals surface area contributed by atoms with Gasteiger partial charge in [-0.2, -0.15) is 0 Å². The second kappa shape index (κ2) is 4.40. The van der Waals surface area contributed by atoms with E-state index in [1.807, 2.05) is 38.1 Å². The van der Waals surface area contributed by atoms with Gasteiger partial charge in [-0.15, -0.1) is 11.3 Å². The van der Waals surface area contributed by atoms with E-state index in [2.05, 4.69) is 0 Å². The molecule has 0 spiro atoms. The molecule has 3 heteroatoms. The van der Waals surface area contributed by atoms with Gasteiger partial charge in [0.1, 0.15) is 0 Å². The highest BCUT2D eigenvalue weighted by molar-refractivity contribution is 7.14. The zero-order chi connectivity index (χ0) is 11.7. The summed E-state index contributed by atoms with van der Waals surface area (Å²) in [6, 6.07) is 9.29. The Kier molecular flexibility index (Phi) is 3.13. The fourth-order valence-electron chi connectivity index (χ4n) is 1.49. The van der Waals surface area contributed by atoms with Crippen molar-refractivity contribution in [2.45, 2.75) is 13.8 Å². The van der Waals surface area contributed by atoms with E-state index in [9.17, 15) is 4.79 Å². The van der Waals surface area contributed by atoms with Crippen molar-refractivity contribution in [3.63, 3.8) is 0 Å². The van der Waals surface area contributed by atoms with Gasteiger partial charge < -0.3 is 0 Å². The minimum absolute atomic E-state index is 0.00287. The molecule has 0 unspecified atom stereocenters. The van der Waals surface area contributed by atoms with Crippen LogP contribution in [0.15, 0.2) is 30.3 Å². The lowest BCUT2D eigenvalue weighted by Gasteiger charge is -2.02. The molecule has 0 aliphatic carbocycles. The molecule has 0 aliphatic heterocycles. The molecule has 1 heterocycles. The fourth-order valence-corrected chi connectivity index (χ4v) is 2.64. The molecule has 0 saturated heterocycles. The molecule has 0 N–H and O–H groups in total. The van der Waals surface area contributed by atoms with E-state index in [1.165, 1.54) is 11.3 Å². The number of aryl methyl sites for hydroxylation is 2. The number of carbonyl (C=O) groups is 1. The average Bonchev–Trinajstić information content (AvgIpc) is 2.64. The summed E-state index contributed by atoms with van der Waals surface area (Å²) >= 11 is 7.56. The van der Waals surface area contributed by atoms with Gasteiger partial charge in [0, 0.05) is 10.4 Å². The minimum atomic E-state index is 0.00287. The van der Waals surface area contributed by atoms with Crippen LogP contribution in [0.3, 0.4) is 0 Å². The summed E-state index contributed by atoms with van der Waals surface area (Å²) in [6.45, 7) is 3.94. The summed E-state index contributed by atoms with van der Waals surface area (Å²) in [4.78, 5) is 14.0. The molecule has 0 saturated carbocycles. The molecule has 0 atom stereocenters. The average molecular weight is 251 g/mol. The van der Waals surface area contributed by atoms with Gasteiger partial charge in [-0.1, -0.05) is 17.7 Å². The lowest BCUT2D eigenvalue weighted by atomic mass is 10.1. The number of halogens is 1. The summed E-state index contributed by atoms with van der Waals surface area (Å²) in [5.74, 6) is 0.00287. The summed E-state index contributed by atoms with van der Waals surface area (Å²) < 4.78 is 0. The quantitative estimate of drug-likeness (QED) is 0.729. The molecule has 16 heavy (non-hydrogen) atoms. The van der Waals surface area contributed by atoms with Crippen molar-refractivity contribution >= 4 is 28.7 Å². The van der Waals surface area contributed by atoms with Crippen molar-refractivity contribution < 1.29 is 4.79 Å². The van der Waals surface area contributed by atoms with E-state index in [1.54, 1.807) is 6.07 Å².